The van der Waals surface area contributed by atoms with Gasteiger partial charge in [-0.1, -0.05) is 13.8 Å². The van der Waals surface area contributed by atoms with E-state index in [9.17, 15) is 8.78 Å². The van der Waals surface area contributed by atoms with Crippen LogP contribution in [0.25, 0.3) is 0 Å². The van der Waals surface area contributed by atoms with Gasteiger partial charge in [-0.2, -0.15) is 5.10 Å². The summed E-state index contributed by atoms with van der Waals surface area (Å²) in [5, 5.41) is 7.61. The summed E-state index contributed by atoms with van der Waals surface area (Å²) in [7, 11) is 0. The van der Waals surface area contributed by atoms with Crippen molar-refractivity contribution >= 4 is 0 Å². The summed E-state index contributed by atoms with van der Waals surface area (Å²) in [6.45, 7) is 5.16. The van der Waals surface area contributed by atoms with Gasteiger partial charge in [0.05, 0.1) is 12.2 Å². The summed E-state index contributed by atoms with van der Waals surface area (Å²) >= 11 is 0. The molecule has 1 N–H and O–H groups in total. The first kappa shape index (κ1) is 13.7. The number of halogens is 2. The second-order valence-corrected chi connectivity index (χ2v) is 4.82. The average Bonchev–Trinajstić information content (AvgIpc) is 2.72. The van der Waals surface area contributed by atoms with E-state index in [0.29, 0.717) is 24.7 Å². The Kier molecular flexibility index (Phi) is 4.27. The largest absolute Gasteiger partial charge is 0.309 e. The Balaban J connectivity index is 2.03. The van der Waals surface area contributed by atoms with E-state index in [2.05, 4.69) is 24.3 Å². The van der Waals surface area contributed by atoms with Gasteiger partial charge in [0, 0.05) is 24.8 Å². The van der Waals surface area contributed by atoms with Crippen molar-refractivity contribution < 1.29 is 8.78 Å². The van der Waals surface area contributed by atoms with Crippen LogP contribution in [-0.2, 0) is 13.1 Å². The first-order valence-electron chi connectivity index (χ1n) is 6.23. The number of aromatic nitrogens is 2. The van der Waals surface area contributed by atoms with Crippen LogP contribution in [0.3, 0.4) is 0 Å². The van der Waals surface area contributed by atoms with Crippen molar-refractivity contribution in [3.8, 4) is 0 Å². The van der Waals surface area contributed by atoms with Crippen molar-refractivity contribution in [1.29, 1.82) is 0 Å². The van der Waals surface area contributed by atoms with Crippen LogP contribution in [0.4, 0.5) is 8.78 Å². The molecule has 102 valence electrons. The van der Waals surface area contributed by atoms with Gasteiger partial charge in [-0.05, 0) is 23.8 Å². The van der Waals surface area contributed by atoms with E-state index in [0.717, 1.165) is 11.8 Å². The molecular formula is C14H17F2N3. The third-order valence-corrected chi connectivity index (χ3v) is 2.65. The quantitative estimate of drug-likeness (QED) is 0.900. The zero-order chi connectivity index (χ0) is 13.8. The molecule has 0 saturated carbocycles. The van der Waals surface area contributed by atoms with Crippen LogP contribution in [-0.4, -0.2) is 15.8 Å². The molecule has 3 nitrogen and oxygen atoms in total. The maximum atomic E-state index is 13.1. The number of nitrogens with one attached hydrogen (secondary N) is 1. The second-order valence-electron chi connectivity index (χ2n) is 4.82. The average molecular weight is 265 g/mol. The van der Waals surface area contributed by atoms with Crippen LogP contribution >= 0.6 is 0 Å². The molecule has 0 spiro atoms. The number of hydrogen-bond acceptors (Lipinski definition) is 2. The standard InChI is InChI=1S/C14H17F2N3/c1-10(2)17-8-14-3-4-19(18-14)9-11-5-12(15)7-13(16)6-11/h3-7,10,17H,8-9H2,1-2H3. The highest BCUT2D eigenvalue weighted by Crippen LogP contribution is 2.09. The summed E-state index contributed by atoms with van der Waals surface area (Å²) in [4.78, 5) is 0. The molecule has 0 fully saturated rings. The molecule has 0 bridgehead atoms. The van der Waals surface area contributed by atoms with Crippen molar-refractivity contribution in [1.82, 2.24) is 15.1 Å². The third kappa shape index (κ3) is 4.13. The Morgan fingerprint density at radius 3 is 2.53 bits per heavy atom. The van der Waals surface area contributed by atoms with Crippen molar-refractivity contribution in [3.05, 3.63) is 53.4 Å². The number of rotatable bonds is 5. The Hall–Kier alpha value is -1.75. The van der Waals surface area contributed by atoms with E-state index in [-0.39, 0.29) is 0 Å². The van der Waals surface area contributed by atoms with Crippen LogP contribution in [0.15, 0.2) is 30.5 Å². The van der Waals surface area contributed by atoms with Gasteiger partial charge >= 0.3 is 0 Å². The zero-order valence-electron chi connectivity index (χ0n) is 11.0. The molecular weight excluding hydrogens is 248 g/mol. The van der Waals surface area contributed by atoms with E-state index in [1.165, 1.54) is 12.1 Å². The molecule has 19 heavy (non-hydrogen) atoms. The molecule has 1 aromatic carbocycles. The molecule has 0 radical (unpaired) electrons. The Morgan fingerprint density at radius 2 is 1.89 bits per heavy atom. The minimum absolute atomic E-state index is 0.357. The van der Waals surface area contributed by atoms with Crippen LogP contribution in [0, 0.1) is 11.6 Å². The van der Waals surface area contributed by atoms with Crippen molar-refractivity contribution in [2.45, 2.75) is 33.0 Å². The van der Waals surface area contributed by atoms with E-state index in [1.54, 1.807) is 10.9 Å². The lowest BCUT2D eigenvalue weighted by Crippen LogP contribution is -2.22. The van der Waals surface area contributed by atoms with Gasteiger partial charge in [0.15, 0.2) is 0 Å². The van der Waals surface area contributed by atoms with Crippen LogP contribution in [0.1, 0.15) is 25.1 Å². The first-order valence-corrected chi connectivity index (χ1v) is 6.23. The summed E-state index contributed by atoms with van der Waals surface area (Å²) in [5.74, 6) is -1.13. The normalized spacial score (nSPS) is 11.2. The lowest BCUT2D eigenvalue weighted by atomic mass is 10.2. The minimum atomic E-state index is -0.566. The smallest absolute Gasteiger partial charge is 0.126 e. The molecule has 2 aromatic rings. The van der Waals surface area contributed by atoms with Gasteiger partial charge < -0.3 is 5.32 Å². The molecule has 2 rings (SSSR count). The fourth-order valence-corrected chi connectivity index (χ4v) is 1.78. The molecule has 0 amide bonds. The van der Waals surface area contributed by atoms with Gasteiger partial charge in [-0.25, -0.2) is 8.78 Å². The fraction of sp³-hybridized carbons (Fsp3) is 0.357. The predicted molar refractivity (Wildman–Crippen MR) is 69.7 cm³/mol. The highest BCUT2D eigenvalue weighted by Gasteiger charge is 2.04. The Morgan fingerprint density at radius 1 is 1.21 bits per heavy atom. The number of hydrogen-bond donors (Lipinski definition) is 1. The van der Waals surface area contributed by atoms with Gasteiger partial charge in [-0.3, -0.25) is 4.68 Å². The van der Waals surface area contributed by atoms with E-state index in [4.69, 9.17) is 0 Å². The van der Waals surface area contributed by atoms with Gasteiger partial charge in [-0.15, -0.1) is 0 Å². The van der Waals surface area contributed by atoms with E-state index < -0.39 is 11.6 Å². The van der Waals surface area contributed by atoms with Gasteiger partial charge in [0.1, 0.15) is 11.6 Å². The van der Waals surface area contributed by atoms with Gasteiger partial charge in [0.2, 0.25) is 0 Å². The van der Waals surface area contributed by atoms with Crippen molar-refractivity contribution in [2.75, 3.05) is 0 Å². The highest BCUT2D eigenvalue weighted by atomic mass is 19.1. The van der Waals surface area contributed by atoms with Crippen molar-refractivity contribution in [3.63, 3.8) is 0 Å². The lowest BCUT2D eigenvalue weighted by Gasteiger charge is -2.05. The van der Waals surface area contributed by atoms with Crippen LogP contribution < -0.4 is 5.32 Å². The third-order valence-electron chi connectivity index (χ3n) is 2.65. The molecule has 0 aliphatic heterocycles. The Bertz CT molecular complexity index is 529. The number of benzene rings is 1. The van der Waals surface area contributed by atoms with Gasteiger partial charge in [0.25, 0.3) is 0 Å². The molecule has 1 heterocycles. The molecule has 1 aromatic heterocycles. The maximum Gasteiger partial charge on any atom is 0.126 e. The Labute approximate surface area is 111 Å². The fourth-order valence-electron chi connectivity index (χ4n) is 1.78. The molecule has 0 atom stereocenters. The highest BCUT2D eigenvalue weighted by molar-refractivity contribution is 5.18. The summed E-state index contributed by atoms with van der Waals surface area (Å²) < 4.78 is 27.8. The topological polar surface area (TPSA) is 29.9 Å². The van der Waals surface area contributed by atoms with Crippen LogP contribution in [0.5, 0.6) is 0 Å². The summed E-state index contributed by atoms with van der Waals surface area (Å²) in [6, 6.07) is 5.78. The molecule has 0 saturated heterocycles. The predicted octanol–water partition coefficient (Wildman–Crippen LogP) is 2.71. The molecule has 5 heteroatoms. The van der Waals surface area contributed by atoms with E-state index >= 15 is 0 Å². The molecule has 0 unspecified atom stereocenters. The van der Waals surface area contributed by atoms with E-state index in [1.807, 2.05) is 6.07 Å². The zero-order valence-corrected chi connectivity index (χ0v) is 11.0. The minimum Gasteiger partial charge on any atom is -0.309 e. The molecule has 0 aliphatic carbocycles. The maximum absolute atomic E-state index is 13.1. The van der Waals surface area contributed by atoms with Crippen LogP contribution in [0.2, 0.25) is 0 Å². The second kappa shape index (κ2) is 5.93. The molecule has 0 aliphatic rings. The lowest BCUT2D eigenvalue weighted by molar-refractivity contribution is 0.563. The summed E-state index contributed by atoms with van der Waals surface area (Å²) in [5.41, 5.74) is 1.47. The van der Waals surface area contributed by atoms with Crippen molar-refractivity contribution in [2.24, 2.45) is 0 Å². The monoisotopic (exact) mass is 265 g/mol. The number of nitrogens with zero attached hydrogens (tertiary/aromatic N) is 2. The summed E-state index contributed by atoms with van der Waals surface area (Å²) in [6.07, 6.45) is 1.81. The first-order chi connectivity index (χ1) is 9.02. The SMILES string of the molecule is CC(C)NCc1ccn(Cc2cc(F)cc(F)c2)n1.